The summed E-state index contributed by atoms with van der Waals surface area (Å²) in [5, 5.41) is 2.87. The van der Waals surface area contributed by atoms with E-state index < -0.39 is 0 Å². The molecule has 1 aliphatic heterocycles. The number of allylic oxidation sites excluding steroid dienone is 2. The second kappa shape index (κ2) is 55.6. The molecule has 0 saturated heterocycles. The van der Waals surface area contributed by atoms with Crippen LogP contribution in [-0.2, 0) is 40.1 Å². The molecular weight excluding hydrogens is 1040 g/mol. The van der Waals surface area contributed by atoms with Crippen LogP contribution >= 0.6 is 0 Å². The van der Waals surface area contributed by atoms with Gasteiger partial charge in [0.15, 0.2) is 0 Å². The molecule has 0 bridgehead atoms. The zero-order chi connectivity index (χ0) is 59.2. The van der Waals surface area contributed by atoms with Gasteiger partial charge in [0, 0.05) is 22.3 Å². The molecular formula is C79H140N2Ni. The topological polar surface area (TPSA) is 25.3 Å². The van der Waals surface area contributed by atoms with Gasteiger partial charge < -0.3 is 5.53 Å². The Morgan fingerprint density at radius 1 is 0.244 bits per heavy atom. The minimum atomic E-state index is 1.04. The monoisotopic (exact) mass is 1180 g/mol. The van der Waals surface area contributed by atoms with Gasteiger partial charge in [0.1, 0.15) is 0 Å². The van der Waals surface area contributed by atoms with E-state index in [2.05, 4.69) is 91.8 Å². The van der Waals surface area contributed by atoms with Gasteiger partial charge in [-0.2, -0.15) is 0 Å². The van der Waals surface area contributed by atoms with E-state index in [0.29, 0.717) is 0 Å². The van der Waals surface area contributed by atoms with E-state index in [-0.39, 0.29) is 0 Å². The number of hydrogen-bond donors (Lipinski definition) is 0. The van der Waals surface area contributed by atoms with Crippen molar-refractivity contribution in [1.82, 2.24) is 0 Å². The molecule has 0 saturated carbocycles. The number of nitrogens with zero attached hydrogens (tertiary/aromatic N) is 2. The Hall–Kier alpha value is -1.99. The first-order valence-corrected chi connectivity index (χ1v) is 38.5. The predicted molar refractivity (Wildman–Crippen MR) is 366 cm³/mol. The van der Waals surface area contributed by atoms with E-state index in [1.807, 2.05) is 14.4 Å². The SMILES string of the molecule is CCCCCCC1=C(c2cc(CCCC)cc(CCCC)c2)[N+](=[N-])C(c2cc(CCCC)cc(CCCC)c2)=C1CCCCC.CCCCCCCCCCCCCCCCC[CH2][Ni][CH2]CCCCCCCCCCCCCCCCC. The number of benzene rings is 2. The van der Waals surface area contributed by atoms with Gasteiger partial charge in [-0.25, -0.2) is 4.70 Å². The second-order valence-electron chi connectivity index (χ2n) is 25.8. The maximum atomic E-state index is 12.4. The first-order chi connectivity index (χ1) is 40.4. The third-order valence-electron chi connectivity index (χ3n) is 17.8. The fourth-order valence-electron chi connectivity index (χ4n) is 12.5. The van der Waals surface area contributed by atoms with Gasteiger partial charge in [0.2, 0.25) is 11.4 Å². The van der Waals surface area contributed by atoms with Crippen LogP contribution in [0.15, 0.2) is 47.5 Å². The van der Waals surface area contributed by atoms with Gasteiger partial charge in [-0.3, -0.25) is 0 Å². The summed E-state index contributed by atoms with van der Waals surface area (Å²) in [6.45, 7) is 18.4. The first-order valence-electron chi connectivity index (χ1n) is 37.1. The van der Waals surface area contributed by atoms with Crippen molar-refractivity contribution in [3.8, 4) is 0 Å². The molecule has 0 unspecified atom stereocenters. The van der Waals surface area contributed by atoms with E-state index >= 15 is 0 Å². The van der Waals surface area contributed by atoms with Crippen molar-refractivity contribution in [2.75, 3.05) is 0 Å². The minimum absolute atomic E-state index is 1.04. The standard InChI is InChI=1S/C43H66N2.2C18H37.Ni/c1-7-13-19-21-27-41-40(26-20-14-8-2)42(38-30-34(22-15-9-3)28-35(31-38)23-16-10-4)45(44)43(41)39-32-36(24-17-11-5)29-37(33-39)25-18-12-6;2*1-3-5-7-9-11-13-15-17-18-16-14-12-10-8-6-4-2;/h28-33H,7-27H2,1-6H3;2*1,3-18H2,2H3;. The molecule has 0 N–H and O–H groups in total. The molecule has 0 aromatic heterocycles. The Morgan fingerprint density at radius 2 is 0.451 bits per heavy atom. The third kappa shape index (κ3) is 37.5. The summed E-state index contributed by atoms with van der Waals surface area (Å²) in [6.07, 6.45) is 71.9. The molecule has 1 aliphatic rings. The summed E-state index contributed by atoms with van der Waals surface area (Å²) in [6, 6.07) is 14.5. The van der Waals surface area contributed by atoms with Crippen LogP contribution in [0.4, 0.5) is 0 Å². The molecule has 0 radical (unpaired) electrons. The van der Waals surface area contributed by atoms with Crippen molar-refractivity contribution >= 4 is 11.4 Å². The van der Waals surface area contributed by atoms with Crippen LogP contribution in [0.1, 0.15) is 403 Å². The summed E-state index contributed by atoms with van der Waals surface area (Å²) < 4.78 is 1.65. The average Bonchev–Trinajstić information content (AvgIpc) is 3.20. The summed E-state index contributed by atoms with van der Waals surface area (Å²) >= 11 is 2.04. The average molecular weight is 1180 g/mol. The van der Waals surface area contributed by atoms with Crippen molar-refractivity contribution < 1.29 is 19.1 Å². The predicted octanol–water partition coefficient (Wildman–Crippen LogP) is 28.2. The third-order valence-corrected chi connectivity index (χ3v) is 19.1. The first kappa shape index (κ1) is 76.1. The van der Waals surface area contributed by atoms with Crippen LogP contribution < -0.4 is 0 Å². The van der Waals surface area contributed by atoms with E-state index in [4.69, 9.17) is 0 Å². The van der Waals surface area contributed by atoms with Crippen LogP contribution in [0.3, 0.4) is 0 Å². The number of aryl methyl sites for hydroxylation is 4. The Labute approximate surface area is 520 Å². The smallest absolute Gasteiger partial charge is 0.0654 e. The molecule has 3 rings (SSSR count). The Kier molecular flexibility index (Phi) is 51.6. The molecule has 2 aromatic carbocycles. The van der Waals surface area contributed by atoms with Crippen LogP contribution in [0.2, 0.25) is 10.8 Å². The summed E-state index contributed by atoms with van der Waals surface area (Å²) in [5.41, 5.74) is 25.5. The molecule has 0 spiro atoms. The van der Waals surface area contributed by atoms with E-state index in [1.165, 1.54) is 357 Å². The van der Waals surface area contributed by atoms with Crippen LogP contribution in [0.25, 0.3) is 16.9 Å². The van der Waals surface area contributed by atoms with Gasteiger partial charge >= 0.3 is 166 Å². The van der Waals surface area contributed by atoms with Gasteiger partial charge in [-0.05, 0) is 124 Å². The zero-order valence-corrected chi connectivity index (χ0v) is 57.6. The van der Waals surface area contributed by atoms with Crippen molar-refractivity contribution in [3.05, 3.63) is 86.5 Å². The fourth-order valence-corrected chi connectivity index (χ4v) is 13.7. The van der Waals surface area contributed by atoms with Crippen LogP contribution in [0, 0.1) is 0 Å². The number of rotatable bonds is 57. The number of unbranched alkanes of at least 4 members (excludes halogenated alkanes) is 39. The van der Waals surface area contributed by atoms with Gasteiger partial charge in [0.05, 0.1) is 0 Å². The summed E-state index contributed by atoms with van der Waals surface area (Å²) in [7, 11) is 0. The molecule has 3 heteroatoms. The molecule has 476 valence electrons. The molecule has 82 heavy (non-hydrogen) atoms. The molecule has 0 aliphatic carbocycles. The van der Waals surface area contributed by atoms with Crippen molar-refractivity contribution in [2.45, 2.75) is 406 Å². The fraction of sp³-hybridized carbons (Fsp3) is 0.797. The molecule has 0 atom stereocenters. The summed E-state index contributed by atoms with van der Waals surface area (Å²) in [5.74, 6) is 0. The van der Waals surface area contributed by atoms with E-state index in [9.17, 15) is 5.53 Å². The Bertz CT molecular complexity index is 1760. The van der Waals surface area contributed by atoms with Gasteiger partial charge in [-0.15, -0.1) is 0 Å². The molecule has 0 fully saturated rings. The van der Waals surface area contributed by atoms with Crippen molar-refractivity contribution in [1.29, 1.82) is 0 Å². The Balaban J connectivity index is 0.000000573. The number of hydrogen-bond acceptors (Lipinski definition) is 0. The van der Waals surface area contributed by atoms with Crippen LogP contribution in [-0.4, -0.2) is 4.70 Å². The molecule has 0 amide bonds. The quantitative estimate of drug-likeness (QED) is 0.0358. The van der Waals surface area contributed by atoms with Gasteiger partial charge in [0.25, 0.3) is 0 Å². The second-order valence-corrected chi connectivity index (χ2v) is 27.3. The van der Waals surface area contributed by atoms with Crippen LogP contribution in [0.5, 0.6) is 0 Å². The summed E-state index contributed by atoms with van der Waals surface area (Å²) in [4.78, 5) is 0. The van der Waals surface area contributed by atoms with Crippen molar-refractivity contribution in [3.63, 3.8) is 0 Å². The van der Waals surface area contributed by atoms with E-state index in [0.717, 1.165) is 49.9 Å². The van der Waals surface area contributed by atoms with Gasteiger partial charge in [-0.1, -0.05) is 190 Å². The normalized spacial score (nSPS) is 12.7. The van der Waals surface area contributed by atoms with E-state index in [1.54, 1.807) is 4.70 Å². The molecule has 2 aromatic rings. The minimum Gasteiger partial charge on any atom is -0.0654 e. The molecule has 2 nitrogen and oxygen atoms in total. The van der Waals surface area contributed by atoms with Crippen molar-refractivity contribution in [2.24, 2.45) is 0 Å². The zero-order valence-electron chi connectivity index (χ0n) is 56.6. The Morgan fingerprint density at radius 3 is 0.707 bits per heavy atom. The maximum absolute atomic E-state index is 12.4. The molecule has 1 heterocycles.